The number of carbonyl (C=O) groups is 5. The molecule has 2 amide bonds. The van der Waals surface area contributed by atoms with Crippen LogP contribution in [0.25, 0.3) is 10.9 Å². The zero-order valence-corrected chi connectivity index (χ0v) is 30.3. The van der Waals surface area contributed by atoms with Crippen molar-refractivity contribution in [2.75, 3.05) is 14.2 Å². The average Bonchev–Trinajstić information content (AvgIpc) is 3.59. The van der Waals surface area contributed by atoms with Gasteiger partial charge in [0.05, 0.1) is 43.2 Å². The molecule has 4 aliphatic rings. The number of nitrogens with zero attached hydrogens (tertiary/aromatic N) is 1. The van der Waals surface area contributed by atoms with E-state index < -0.39 is 53.5 Å². The van der Waals surface area contributed by atoms with Gasteiger partial charge in [0, 0.05) is 23.8 Å². The lowest BCUT2D eigenvalue weighted by Crippen LogP contribution is -2.54. The number of ether oxygens (including phenoxy) is 4. The second-order valence-electron chi connectivity index (χ2n) is 14.5. The average molecular weight is 726 g/mol. The van der Waals surface area contributed by atoms with Gasteiger partial charge in [-0.3, -0.25) is 9.59 Å². The van der Waals surface area contributed by atoms with Gasteiger partial charge in [-0.2, -0.15) is 0 Å². The van der Waals surface area contributed by atoms with Crippen LogP contribution in [0.15, 0.2) is 48.6 Å². The molecule has 2 aromatic rings. The van der Waals surface area contributed by atoms with Crippen molar-refractivity contribution in [1.82, 2.24) is 15.6 Å². The smallest absolute Gasteiger partial charge is 0.407 e. The Morgan fingerprint density at radius 1 is 1.04 bits per heavy atom. The Morgan fingerprint density at radius 2 is 1.81 bits per heavy atom. The van der Waals surface area contributed by atoms with Gasteiger partial charge in [-0.1, -0.05) is 49.1 Å². The van der Waals surface area contributed by atoms with Crippen molar-refractivity contribution in [2.24, 2.45) is 17.8 Å². The van der Waals surface area contributed by atoms with E-state index in [0.29, 0.717) is 47.1 Å². The first kappa shape index (κ1) is 37.6. The molecule has 6 rings (SSSR count). The Hall–Kier alpha value is -5.18. The molecule has 1 aromatic carbocycles. The zero-order valence-electron chi connectivity index (χ0n) is 30.3. The Morgan fingerprint density at radius 3 is 2.55 bits per heavy atom. The number of Topliss-reactive ketones (excluding diaryl/α,β-unsaturated/α-hetero) is 1. The summed E-state index contributed by atoms with van der Waals surface area (Å²) in [4.78, 5) is 72.5. The molecule has 1 aliphatic heterocycles. The van der Waals surface area contributed by atoms with Crippen LogP contribution < -0.4 is 15.4 Å². The predicted molar refractivity (Wildman–Crippen MR) is 195 cm³/mol. The minimum atomic E-state index is -1.27. The number of esters is 2. The lowest BCUT2D eigenvalue weighted by atomic mass is 9.70. The highest BCUT2D eigenvalue weighted by molar-refractivity contribution is 5.99. The number of aromatic nitrogens is 1. The van der Waals surface area contributed by atoms with Crippen LogP contribution in [0.4, 0.5) is 4.79 Å². The number of hydrogen-bond donors (Lipinski definition) is 2. The molecule has 0 bridgehead atoms. The van der Waals surface area contributed by atoms with E-state index in [1.807, 2.05) is 12.2 Å². The molecule has 2 N–H and O–H groups in total. The minimum Gasteiger partial charge on any atom is -0.489 e. The molecule has 0 spiro atoms. The molecule has 2 unspecified atom stereocenters. The largest absolute Gasteiger partial charge is 0.489 e. The third-order valence-corrected chi connectivity index (χ3v) is 11.0. The summed E-state index contributed by atoms with van der Waals surface area (Å²) >= 11 is 0. The molecule has 3 saturated carbocycles. The van der Waals surface area contributed by atoms with E-state index in [1.165, 1.54) is 20.3 Å². The number of alkyl carbamates (subject to hydrolysis) is 1. The molecule has 2 heterocycles. The fourth-order valence-electron chi connectivity index (χ4n) is 8.10. The Labute approximate surface area is 309 Å². The van der Waals surface area contributed by atoms with E-state index in [0.717, 1.165) is 44.9 Å². The molecule has 280 valence electrons. The lowest BCUT2D eigenvalue weighted by molar-refractivity contribution is -0.148. The second-order valence-corrected chi connectivity index (χ2v) is 14.5. The predicted octanol–water partition coefficient (Wildman–Crippen LogP) is 5.51. The molecule has 12 nitrogen and oxygen atoms in total. The van der Waals surface area contributed by atoms with Crippen molar-refractivity contribution >= 4 is 40.6 Å². The maximum absolute atomic E-state index is 14.6. The van der Waals surface area contributed by atoms with Gasteiger partial charge in [0.1, 0.15) is 23.5 Å². The van der Waals surface area contributed by atoms with E-state index in [4.69, 9.17) is 25.4 Å². The van der Waals surface area contributed by atoms with Crippen molar-refractivity contribution < 1.29 is 42.9 Å². The number of hydrogen-bond acceptors (Lipinski definition) is 10. The number of ketones is 1. The van der Waals surface area contributed by atoms with Gasteiger partial charge in [-0.25, -0.2) is 19.4 Å². The highest BCUT2D eigenvalue weighted by Gasteiger charge is 2.62. The number of carbonyl (C=O) groups excluding carboxylic acids is 5. The van der Waals surface area contributed by atoms with Crippen LogP contribution >= 0.6 is 0 Å². The molecule has 3 aliphatic carbocycles. The number of rotatable bonds is 6. The summed E-state index contributed by atoms with van der Waals surface area (Å²) in [5.41, 5.74) is -0.0195. The van der Waals surface area contributed by atoms with Crippen molar-refractivity contribution in [3.05, 3.63) is 59.8 Å². The number of fused-ring (bicyclic) bond motifs is 3. The molecular formula is C41H47N3O9. The summed E-state index contributed by atoms with van der Waals surface area (Å²) in [6, 6.07) is 5.77. The van der Waals surface area contributed by atoms with Gasteiger partial charge >= 0.3 is 18.0 Å². The van der Waals surface area contributed by atoms with Gasteiger partial charge < -0.3 is 29.6 Å². The third-order valence-electron chi connectivity index (χ3n) is 11.0. The highest BCUT2D eigenvalue weighted by atomic mass is 16.6. The molecule has 12 heteroatoms. The summed E-state index contributed by atoms with van der Waals surface area (Å²) in [5, 5.41) is 6.36. The van der Waals surface area contributed by atoms with Gasteiger partial charge in [0.2, 0.25) is 5.91 Å². The van der Waals surface area contributed by atoms with Crippen LogP contribution in [-0.4, -0.2) is 72.7 Å². The van der Waals surface area contributed by atoms with Gasteiger partial charge in [0.25, 0.3) is 0 Å². The summed E-state index contributed by atoms with van der Waals surface area (Å²) in [6.45, 7) is 4.30. The topological polar surface area (TPSA) is 159 Å². The number of methoxy groups -OCH3 is 2. The van der Waals surface area contributed by atoms with Crippen LogP contribution in [0.2, 0.25) is 0 Å². The molecule has 6 atom stereocenters. The van der Waals surface area contributed by atoms with Gasteiger partial charge in [-0.05, 0) is 69.9 Å². The monoisotopic (exact) mass is 725 g/mol. The standard InChI is InChI=1S/C41H47N3O9/c1-5-25-14-13-18-29-33(22-32(38(47)50-3)42-35(25)29)52-28-20-24(2)34-30(21-28)37(46)44-41(39(48)51-4)23-26(41)15-9-7-6-8-10-19-31(36(34)45)43-40(49)53-27-16-11-12-17-27/h1,9,13-15,18,22,26-28,30-31,34H,2,6-8,10-12,16-17,19-21,23H2,3-4H3,(H,43,49)(H,44,46)/b15-9-/t26?,28-,30+,31-,34?,41+/m0/s1. The van der Waals surface area contributed by atoms with Crippen molar-refractivity contribution in [1.29, 1.82) is 0 Å². The van der Waals surface area contributed by atoms with Crippen LogP contribution in [0, 0.1) is 30.1 Å². The lowest BCUT2D eigenvalue weighted by Gasteiger charge is -2.38. The number of amides is 2. The quantitative estimate of drug-likeness (QED) is 0.168. The van der Waals surface area contributed by atoms with Crippen molar-refractivity contribution in [3.63, 3.8) is 0 Å². The van der Waals surface area contributed by atoms with Crippen LogP contribution in [0.5, 0.6) is 5.75 Å². The van der Waals surface area contributed by atoms with E-state index in [2.05, 4.69) is 28.1 Å². The number of allylic oxidation sites excluding steroid dienone is 1. The third kappa shape index (κ3) is 8.09. The SMILES string of the molecule is C#Cc1cccc2c(O[C@H]3CC(=C)C4C(=O)[C@@H](NC(=O)OC5CCCC5)CCCCC/C=C\C5C[C@@]5(C(=O)OC)NC(=O)[C@@H]4C3)cc(C(=O)OC)nc12. The number of nitrogens with one attached hydrogen (secondary N) is 2. The van der Waals surface area contributed by atoms with Crippen molar-refractivity contribution in [2.45, 2.75) is 101 Å². The first-order valence-electron chi connectivity index (χ1n) is 18.5. The van der Waals surface area contributed by atoms with Crippen LogP contribution in [-0.2, 0) is 28.6 Å². The Kier molecular flexibility index (Phi) is 11.5. The van der Waals surface area contributed by atoms with E-state index in [-0.39, 0.29) is 36.3 Å². The Balaban J connectivity index is 1.34. The zero-order chi connectivity index (χ0) is 37.7. The summed E-state index contributed by atoms with van der Waals surface area (Å²) in [7, 11) is 2.53. The van der Waals surface area contributed by atoms with Crippen LogP contribution in [0.3, 0.4) is 0 Å². The van der Waals surface area contributed by atoms with Gasteiger partial charge in [-0.15, -0.1) is 6.42 Å². The molecule has 53 heavy (non-hydrogen) atoms. The number of terminal acetylenes is 1. The van der Waals surface area contributed by atoms with Crippen LogP contribution in [0.1, 0.15) is 93.1 Å². The fraction of sp³-hybridized carbons (Fsp3) is 0.512. The first-order chi connectivity index (χ1) is 25.6. The maximum Gasteiger partial charge on any atom is 0.407 e. The molecular weight excluding hydrogens is 678 g/mol. The van der Waals surface area contributed by atoms with E-state index >= 15 is 0 Å². The van der Waals surface area contributed by atoms with Gasteiger partial charge in [0.15, 0.2) is 11.5 Å². The molecule has 3 fully saturated rings. The highest BCUT2D eigenvalue weighted by Crippen LogP contribution is 2.47. The first-order valence-corrected chi connectivity index (χ1v) is 18.5. The van der Waals surface area contributed by atoms with E-state index in [9.17, 15) is 24.0 Å². The van der Waals surface area contributed by atoms with E-state index in [1.54, 1.807) is 18.2 Å². The minimum absolute atomic E-state index is 0.0155. The summed E-state index contributed by atoms with van der Waals surface area (Å²) in [6.07, 6.45) is 15.8. The van der Waals surface area contributed by atoms with Crippen molar-refractivity contribution in [3.8, 4) is 18.1 Å². The molecule has 0 radical (unpaired) electrons. The molecule has 1 aromatic heterocycles. The second kappa shape index (κ2) is 16.2. The number of pyridine rings is 1. The fourth-order valence-corrected chi connectivity index (χ4v) is 8.10. The number of para-hydroxylation sites is 1. The normalized spacial score (nSPS) is 28.5. The summed E-state index contributed by atoms with van der Waals surface area (Å²) in [5.74, 6) is -1.50. The summed E-state index contributed by atoms with van der Waals surface area (Å²) < 4.78 is 22.3. The maximum atomic E-state index is 14.6. The Bertz CT molecular complexity index is 1860. The number of benzene rings is 1. The molecule has 0 saturated heterocycles.